The second-order valence-corrected chi connectivity index (χ2v) is 21.8. The fourth-order valence-electron chi connectivity index (χ4n) is 7.67. The van der Waals surface area contributed by atoms with Crippen molar-refractivity contribution in [1.29, 1.82) is 0 Å². The second kappa shape index (κ2) is 14.1. The van der Waals surface area contributed by atoms with Gasteiger partial charge in [-0.1, -0.05) is 0 Å². The Bertz CT molecular complexity index is 3070. The van der Waals surface area contributed by atoms with Gasteiger partial charge in [0.05, 0.1) is 44.3 Å². The van der Waals surface area contributed by atoms with Crippen LogP contribution in [0.5, 0.6) is 11.5 Å². The Morgan fingerprint density at radius 3 is 2.25 bits per heavy atom. The topological polar surface area (TPSA) is 212 Å². The molecule has 3 aromatic carbocycles. The Balaban J connectivity index is 1.55. The van der Waals surface area contributed by atoms with Crippen molar-refractivity contribution >= 4 is 83.9 Å². The average Bonchev–Trinajstić information content (AvgIpc) is 3.81. The van der Waals surface area contributed by atoms with E-state index in [2.05, 4.69) is 9.37 Å². The van der Waals surface area contributed by atoms with Crippen LogP contribution in [-0.2, 0) is 45.5 Å². The van der Waals surface area contributed by atoms with Gasteiger partial charge in [-0.25, -0.2) is 30.2 Å². The molecule has 8 rings (SSSR count). The molecule has 0 amide bonds. The zero-order chi connectivity index (χ0) is 42.9. The number of hydrogen-bond donors (Lipinski definition) is 0. The van der Waals surface area contributed by atoms with E-state index < -0.39 is 74.2 Å². The summed E-state index contributed by atoms with van der Waals surface area (Å²) in [5, 5.41) is 26.1. The molecule has 0 atom stereocenters. The molecule has 310 valence electrons. The number of benzene rings is 3. The Kier molecular flexibility index (Phi) is 9.95. The van der Waals surface area contributed by atoms with Crippen molar-refractivity contribution in [3.8, 4) is 32.4 Å². The van der Waals surface area contributed by atoms with E-state index in [1.54, 1.807) is 35.9 Å². The lowest BCUT2D eigenvalue weighted by Crippen LogP contribution is -2.46. The van der Waals surface area contributed by atoms with E-state index in [0.717, 1.165) is 5.56 Å². The molecule has 0 saturated heterocycles. The van der Waals surface area contributed by atoms with E-state index in [4.69, 9.17) is 4.74 Å². The van der Waals surface area contributed by atoms with Crippen LogP contribution in [0.1, 0.15) is 49.9 Å². The molecule has 2 aromatic heterocycles. The number of carbonyl (C=O) groups excluding carboxylic acids is 1. The molecule has 3 aliphatic heterocycles. The third-order valence-electron chi connectivity index (χ3n) is 11.0. The number of thiophene rings is 2. The monoisotopic (exact) mass is 921 g/mol. The highest BCUT2D eigenvalue weighted by molar-refractivity contribution is 8.00. The minimum atomic E-state index is -5.82. The zero-order valence-electron chi connectivity index (χ0n) is 31.2. The zero-order valence-corrected chi connectivity index (χ0v) is 36.1. The maximum absolute atomic E-state index is 17.2. The fraction of sp³-hybridized carbons (Fsp3) is 0.243. The van der Waals surface area contributed by atoms with Crippen molar-refractivity contribution in [3.05, 3.63) is 86.9 Å². The van der Waals surface area contributed by atoms with Gasteiger partial charge >= 0.3 is 0 Å². The third kappa shape index (κ3) is 6.59. The maximum Gasteiger partial charge on any atom is 0.212 e. The number of ether oxygens (including phenoxy) is 1. The number of fused-ring (bicyclic) bond motifs is 8. The molecule has 3 aliphatic rings. The Labute approximate surface area is 351 Å². The van der Waals surface area contributed by atoms with Crippen LogP contribution in [-0.4, -0.2) is 51.8 Å². The van der Waals surface area contributed by atoms with E-state index in [1.807, 2.05) is 39.6 Å². The molecule has 0 unspecified atom stereocenters. The van der Waals surface area contributed by atoms with Crippen LogP contribution < -0.4 is 35.2 Å². The molecular weight excluding hydrogens is 895 g/mol. The first-order valence-electron chi connectivity index (χ1n) is 17.0. The van der Waals surface area contributed by atoms with Gasteiger partial charge in [0.25, 0.3) is 0 Å². The number of nitrogens with zero attached hydrogens (tertiary/aromatic N) is 2. The van der Waals surface area contributed by atoms with Crippen molar-refractivity contribution in [2.75, 3.05) is 24.7 Å². The van der Waals surface area contributed by atoms with Crippen LogP contribution in [0.3, 0.4) is 0 Å². The van der Waals surface area contributed by atoms with Crippen LogP contribution in [0.4, 0.5) is 14.5 Å². The normalized spacial score (nSPS) is 16.1. The Hall–Kier alpha value is -3.94. The van der Waals surface area contributed by atoms with Crippen LogP contribution >= 0.6 is 46.5 Å². The number of rotatable bonds is 9. The predicted molar refractivity (Wildman–Crippen MR) is 208 cm³/mol. The van der Waals surface area contributed by atoms with E-state index in [9.17, 15) is 41.1 Å². The summed E-state index contributed by atoms with van der Waals surface area (Å²) in [4.78, 5) is 12.2. The van der Waals surface area contributed by atoms with Gasteiger partial charge in [0, 0.05) is 81.2 Å². The highest BCUT2D eigenvalue weighted by Crippen LogP contribution is 2.55. The van der Waals surface area contributed by atoms with Crippen LogP contribution in [0.2, 0.25) is 0 Å². The lowest BCUT2D eigenvalue weighted by Gasteiger charge is -2.43. The summed E-state index contributed by atoms with van der Waals surface area (Å²) in [6.07, 6.45) is 0. The SMILES string of the molecule is CN1c2cc3c(cc2-c2sc(SOO[O-])cc2C1(C)C)C(c1c(F)c(SCC(=O)[O-])cc(F)c1S(=O)(=O)[O-])=c1cc2c(cc1O3)=[N+](C)C(C)(C)c1cc(S(=O)(=O)[O-])sc1-2. The highest BCUT2D eigenvalue weighted by atomic mass is 32.3. The number of carbonyl (C=O) groups is 1. The maximum atomic E-state index is 17.2. The smallest absolute Gasteiger partial charge is 0.212 e. The molecule has 22 heteroatoms. The predicted octanol–water partition coefficient (Wildman–Crippen LogP) is 3.71. The minimum absolute atomic E-state index is 0.000902. The van der Waals surface area contributed by atoms with E-state index in [1.165, 1.54) is 23.5 Å². The molecule has 0 saturated carbocycles. The van der Waals surface area contributed by atoms with Crippen molar-refractivity contribution in [3.63, 3.8) is 0 Å². The molecule has 0 spiro atoms. The van der Waals surface area contributed by atoms with Gasteiger partial charge in [0.15, 0.2) is 5.54 Å². The number of thioether (sulfide) groups is 1. The first-order chi connectivity index (χ1) is 27.5. The van der Waals surface area contributed by atoms with Crippen LogP contribution in [0.25, 0.3) is 26.5 Å². The van der Waals surface area contributed by atoms with E-state index in [-0.39, 0.29) is 27.9 Å². The van der Waals surface area contributed by atoms with Gasteiger partial charge < -0.3 is 33.9 Å². The number of carboxylic acids is 1. The molecule has 14 nitrogen and oxygen atoms in total. The average molecular weight is 922 g/mol. The standard InChI is InChI=1S/C37H30F2N2O12S6/c1-36(2)19-9-28(57-53-52-44)55-33(19)15-7-17-24(12-22(15)40(36)5)51-25-13-23-16(34-20(37(3,4)41(23)6)10-29(56-34)58(45,46)47)8-18(25)30(17)31-32(39)26(54-14-27(42)43)11-21(38)35(31)59(48,49)50/h7-13H,14H2,1-6H3,(H3-,42,43,44,45,46,47,48,49,50)/p-3. The number of anilines is 1. The molecule has 0 fully saturated rings. The molecule has 0 N–H and O–H groups in total. The first kappa shape index (κ1) is 41.8. The highest BCUT2D eigenvalue weighted by Gasteiger charge is 2.43. The van der Waals surface area contributed by atoms with Gasteiger partial charge in [-0.05, 0) is 49.7 Å². The van der Waals surface area contributed by atoms with Crippen molar-refractivity contribution in [2.24, 2.45) is 0 Å². The van der Waals surface area contributed by atoms with E-state index in [0.29, 0.717) is 82.9 Å². The molecule has 5 aromatic rings. The number of hydrogen-bond acceptors (Lipinski definition) is 17. The minimum Gasteiger partial charge on any atom is -0.744 e. The molecular formula is C37H27F2N2O12S6-3. The van der Waals surface area contributed by atoms with Gasteiger partial charge in [0.2, 0.25) is 5.36 Å². The Morgan fingerprint density at radius 1 is 0.915 bits per heavy atom. The van der Waals surface area contributed by atoms with Crippen LogP contribution in [0.15, 0.2) is 60.7 Å². The quantitative estimate of drug-likeness (QED) is 0.0505. The number of halogens is 2. The van der Waals surface area contributed by atoms with Gasteiger partial charge in [-0.2, -0.15) is 4.33 Å². The lowest BCUT2D eigenvalue weighted by atomic mass is 9.83. The molecule has 0 bridgehead atoms. The van der Waals surface area contributed by atoms with Gasteiger partial charge in [-0.3, -0.25) is 5.04 Å². The van der Waals surface area contributed by atoms with Crippen molar-refractivity contribution in [2.45, 2.75) is 57.0 Å². The van der Waals surface area contributed by atoms with Gasteiger partial charge in [0.1, 0.15) is 59.5 Å². The third-order valence-corrected chi connectivity index (χ3v) is 17.1. The molecule has 0 aliphatic carbocycles. The molecule has 59 heavy (non-hydrogen) atoms. The first-order valence-corrected chi connectivity index (χ1v) is 23.2. The number of carboxylic acid groups (broad SMARTS) is 1. The van der Waals surface area contributed by atoms with Crippen molar-refractivity contribution in [1.82, 2.24) is 4.58 Å². The number of aliphatic carboxylic acids is 1. The van der Waals surface area contributed by atoms with Gasteiger partial charge in [-0.15, -0.1) is 34.4 Å². The molecule has 0 radical (unpaired) electrons. The summed E-state index contributed by atoms with van der Waals surface area (Å²) < 4.78 is 122. The summed E-state index contributed by atoms with van der Waals surface area (Å²) in [6.45, 7) is 7.50. The summed E-state index contributed by atoms with van der Waals surface area (Å²) in [6, 6.07) is 9.71. The summed E-state index contributed by atoms with van der Waals surface area (Å²) in [5.41, 5.74) is -0.261. The summed E-state index contributed by atoms with van der Waals surface area (Å²) >= 11 is 2.89. The van der Waals surface area contributed by atoms with Crippen molar-refractivity contribution < 1.29 is 64.0 Å². The summed E-state index contributed by atoms with van der Waals surface area (Å²) in [5.74, 6) is -5.50. The van der Waals surface area contributed by atoms with Crippen LogP contribution in [0, 0.1) is 11.6 Å². The second-order valence-electron chi connectivity index (χ2n) is 14.7. The lowest BCUT2D eigenvalue weighted by molar-refractivity contribution is -0.777. The fourth-order valence-corrected chi connectivity index (χ4v) is 12.9. The van der Waals surface area contributed by atoms with E-state index >= 15 is 8.78 Å². The Morgan fingerprint density at radius 2 is 1.61 bits per heavy atom. The molecule has 5 heterocycles. The largest absolute Gasteiger partial charge is 0.744 e. The summed E-state index contributed by atoms with van der Waals surface area (Å²) in [7, 11) is -7.22.